The number of piperidine rings is 1. The fraction of sp³-hybridized carbons (Fsp3) is 0.806. The fourth-order valence-corrected chi connectivity index (χ4v) is 7.32. The number of urea groups is 1. The normalized spacial score (nSPS) is 26.6. The lowest BCUT2D eigenvalue weighted by Crippen LogP contribution is -2.62. The molecule has 14 heteroatoms. The third-order valence-corrected chi connectivity index (χ3v) is 10.2. The number of carbonyl (C=O) groups excluding carboxylic acids is 6. The number of amides is 5. The van der Waals surface area contributed by atoms with E-state index < -0.39 is 83.0 Å². The second kappa shape index (κ2) is 12.5. The van der Waals surface area contributed by atoms with Crippen LogP contribution in [0.2, 0.25) is 0 Å². The van der Waals surface area contributed by atoms with Crippen LogP contribution in [0.1, 0.15) is 86.0 Å². The highest BCUT2D eigenvalue weighted by Crippen LogP contribution is 2.65. The Balaban J connectivity index is 1.54. The molecule has 5 amide bonds. The molecule has 11 nitrogen and oxygen atoms in total. The predicted molar refractivity (Wildman–Crippen MR) is 156 cm³/mol. The Hall–Kier alpha value is -3.19. The molecule has 0 radical (unpaired) electrons. The van der Waals surface area contributed by atoms with E-state index in [-0.39, 0.29) is 30.1 Å². The third kappa shape index (κ3) is 7.79. The first-order valence-corrected chi connectivity index (χ1v) is 15.9. The number of nitrogens with zero attached hydrogens (tertiary/aromatic N) is 1. The highest BCUT2D eigenvalue weighted by molar-refractivity contribution is 6.37. The van der Waals surface area contributed by atoms with Crippen molar-refractivity contribution in [3.63, 3.8) is 0 Å². The number of Topliss-reactive ketones (excluding diaryl/α,β-unsaturated/α-hetero) is 2. The molecule has 0 spiro atoms. The van der Waals surface area contributed by atoms with Gasteiger partial charge >= 0.3 is 12.2 Å². The Morgan fingerprint density at radius 2 is 1.51 bits per heavy atom. The highest BCUT2D eigenvalue weighted by atomic mass is 19.4. The summed E-state index contributed by atoms with van der Waals surface area (Å²) in [6.45, 7) is 9.05. The molecule has 3 saturated carbocycles. The van der Waals surface area contributed by atoms with Crippen molar-refractivity contribution in [3.8, 4) is 0 Å². The second-order valence-electron chi connectivity index (χ2n) is 15.0. The lowest BCUT2D eigenvalue weighted by Gasteiger charge is -2.38. The Kier molecular flexibility index (Phi) is 9.67. The van der Waals surface area contributed by atoms with Gasteiger partial charge in [-0.2, -0.15) is 13.2 Å². The maximum Gasteiger partial charge on any atom is 0.391 e. The molecule has 3 aliphatic carbocycles. The van der Waals surface area contributed by atoms with Crippen molar-refractivity contribution >= 4 is 35.3 Å². The zero-order valence-corrected chi connectivity index (χ0v) is 26.6. The van der Waals surface area contributed by atoms with Gasteiger partial charge in [0.1, 0.15) is 18.1 Å². The summed E-state index contributed by atoms with van der Waals surface area (Å²) in [5, 5.41) is 7.64. The molecule has 0 aromatic heterocycles. The van der Waals surface area contributed by atoms with E-state index in [1.807, 2.05) is 19.2 Å². The van der Waals surface area contributed by atoms with E-state index >= 15 is 0 Å². The molecule has 4 rings (SSSR count). The first kappa shape index (κ1) is 34.7. The Bertz CT molecular complexity index is 1220. The summed E-state index contributed by atoms with van der Waals surface area (Å²) >= 11 is 0. The number of carbonyl (C=O) groups is 6. The van der Waals surface area contributed by atoms with E-state index in [1.165, 1.54) is 4.90 Å². The number of likely N-dealkylation sites (tertiary alicyclic amines) is 1. The number of primary amides is 1. The lowest BCUT2D eigenvalue weighted by molar-refractivity contribution is -0.155. The quantitative estimate of drug-likeness (QED) is 0.253. The van der Waals surface area contributed by atoms with E-state index in [2.05, 4.69) is 10.6 Å². The summed E-state index contributed by atoms with van der Waals surface area (Å²) in [7, 11) is 0. The van der Waals surface area contributed by atoms with E-state index in [0.717, 1.165) is 44.9 Å². The number of ketones is 2. The van der Waals surface area contributed by atoms with Crippen molar-refractivity contribution in [1.29, 1.82) is 0 Å². The van der Waals surface area contributed by atoms with Gasteiger partial charge in [-0.15, -0.1) is 0 Å². The van der Waals surface area contributed by atoms with Crippen molar-refractivity contribution in [2.75, 3.05) is 6.54 Å². The molecule has 0 aromatic carbocycles. The molecule has 6 atom stereocenters. The zero-order chi connectivity index (χ0) is 33.6. The molecule has 1 heterocycles. The number of hydrogen-bond donors (Lipinski definition) is 4. The number of halogens is 3. The van der Waals surface area contributed by atoms with Gasteiger partial charge in [0.2, 0.25) is 17.6 Å². The molecule has 4 fully saturated rings. The van der Waals surface area contributed by atoms with Crippen molar-refractivity contribution in [1.82, 2.24) is 20.9 Å². The smallest absolute Gasteiger partial charge is 0.363 e. The van der Waals surface area contributed by atoms with E-state index in [1.54, 1.807) is 20.8 Å². The van der Waals surface area contributed by atoms with Crippen molar-refractivity contribution < 1.29 is 41.9 Å². The molecular formula is C31H46F3N5O6. The number of fused-ring (bicyclic) bond motifs is 1. The van der Waals surface area contributed by atoms with Crippen LogP contribution >= 0.6 is 0 Å². The van der Waals surface area contributed by atoms with Crippen LogP contribution in [0.4, 0.5) is 18.0 Å². The molecule has 45 heavy (non-hydrogen) atoms. The van der Waals surface area contributed by atoms with Gasteiger partial charge < -0.3 is 26.6 Å². The summed E-state index contributed by atoms with van der Waals surface area (Å²) in [6, 6.07) is -5.99. The van der Waals surface area contributed by atoms with Crippen molar-refractivity contribution in [2.24, 2.45) is 40.2 Å². The summed E-state index contributed by atoms with van der Waals surface area (Å²) in [5.74, 6) is -5.45. The van der Waals surface area contributed by atoms with Crippen LogP contribution in [0.25, 0.3) is 0 Å². The van der Waals surface area contributed by atoms with Gasteiger partial charge in [0.15, 0.2) is 5.78 Å². The summed E-state index contributed by atoms with van der Waals surface area (Å²) in [4.78, 5) is 79.2. The Morgan fingerprint density at radius 3 is 2.02 bits per heavy atom. The van der Waals surface area contributed by atoms with E-state index in [4.69, 9.17) is 5.73 Å². The lowest BCUT2D eigenvalue weighted by atomic mass is 9.81. The minimum absolute atomic E-state index is 0.00759. The van der Waals surface area contributed by atoms with Gasteiger partial charge in [0.05, 0.1) is 12.5 Å². The van der Waals surface area contributed by atoms with Gasteiger partial charge in [0.25, 0.3) is 5.91 Å². The molecule has 252 valence electrons. The zero-order valence-electron chi connectivity index (χ0n) is 26.6. The molecule has 4 aliphatic rings. The number of hydrogen-bond acceptors (Lipinski definition) is 6. The van der Waals surface area contributed by atoms with E-state index in [0.29, 0.717) is 0 Å². The van der Waals surface area contributed by atoms with Crippen LogP contribution in [0.3, 0.4) is 0 Å². The van der Waals surface area contributed by atoms with Crippen LogP contribution in [0.15, 0.2) is 0 Å². The standard InChI is InChI=1S/C31H46F3N5O6/c1-29(2,3)24(38-28(45)37-20(22(40)16-11-12-16)15-9-7-6-8-10-15)27(44)39-14-17-19(30(17,4)5)21(39)26(43)36-18(13-31(32,33)34)23(41)25(35)42/h15-21,24H,6-14H2,1-5H3,(H2,35,42)(H,36,43)(H2,37,38,45)/t17-,18?,19-,20-,21-,24+/m0/s1. The Labute approximate surface area is 261 Å². The average Bonchev–Trinajstić information content (AvgIpc) is 3.81. The number of rotatable bonds is 11. The minimum Gasteiger partial charge on any atom is -0.363 e. The van der Waals surface area contributed by atoms with E-state index in [9.17, 15) is 41.9 Å². The maximum atomic E-state index is 14.1. The number of nitrogens with one attached hydrogen (secondary N) is 3. The first-order valence-electron chi connectivity index (χ1n) is 15.9. The first-order chi connectivity index (χ1) is 20.7. The van der Waals surface area contributed by atoms with Crippen molar-refractivity contribution in [2.45, 2.75) is 116 Å². The molecule has 0 aromatic rings. The third-order valence-electron chi connectivity index (χ3n) is 10.2. The van der Waals surface area contributed by atoms with Crippen LogP contribution in [-0.4, -0.2) is 77.1 Å². The monoisotopic (exact) mass is 641 g/mol. The van der Waals surface area contributed by atoms with Gasteiger partial charge in [-0.3, -0.25) is 24.0 Å². The van der Waals surface area contributed by atoms with Gasteiger partial charge in [-0.05, 0) is 54.3 Å². The van der Waals surface area contributed by atoms with Crippen LogP contribution in [-0.2, 0) is 24.0 Å². The topological polar surface area (TPSA) is 168 Å². The molecule has 0 bridgehead atoms. The molecular weight excluding hydrogens is 595 g/mol. The molecule has 1 aliphatic heterocycles. The summed E-state index contributed by atoms with van der Waals surface area (Å²) in [5.41, 5.74) is 3.68. The van der Waals surface area contributed by atoms with Crippen LogP contribution in [0, 0.1) is 34.5 Å². The average molecular weight is 642 g/mol. The van der Waals surface area contributed by atoms with Crippen molar-refractivity contribution in [3.05, 3.63) is 0 Å². The number of alkyl halides is 3. The van der Waals surface area contributed by atoms with Gasteiger partial charge in [-0.1, -0.05) is 53.9 Å². The highest BCUT2D eigenvalue weighted by Gasteiger charge is 2.70. The predicted octanol–water partition coefficient (Wildman–Crippen LogP) is 2.60. The summed E-state index contributed by atoms with van der Waals surface area (Å²) in [6.07, 6.45) is -0.447. The largest absolute Gasteiger partial charge is 0.391 e. The van der Waals surface area contributed by atoms with Crippen LogP contribution in [0.5, 0.6) is 0 Å². The minimum atomic E-state index is -4.89. The maximum absolute atomic E-state index is 14.1. The second-order valence-corrected chi connectivity index (χ2v) is 15.0. The number of nitrogens with two attached hydrogens (primary N) is 1. The van der Waals surface area contributed by atoms with Crippen LogP contribution < -0.4 is 21.7 Å². The fourth-order valence-electron chi connectivity index (χ4n) is 7.32. The molecule has 5 N–H and O–H groups in total. The SMILES string of the molecule is CC(C)(C)[C@H](NC(=O)N[C@H](C(=O)C1CC1)C1CCCCC1)C(=O)N1C[C@H]2[C@@H]([C@H]1C(=O)NC(CC(F)(F)F)C(=O)C(N)=O)C2(C)C. The van der Waals surface area contributed by atoms with Gasteiger partial charge in [-0.25, -0.2) is 4.79 Å². The summed E-state index contributed by atoms with van der Waals surface area (Å²) < 4.78 is 39.7. The molecule has 1 unspecified atom stereocenters. The molecule has 1 saturated heterocycles. The Morgan fingerprint density at radius 1 is 0.911 bits per heavy atom. The van der Waals surface area contributed by atoms with Gasteiger partial charge in [0, 0.05) is 12.5 Å².